The maximum absolute atomic E-state index is 11.9. The number of benzene rings is 1. The van der Waals surface area contributed by atoms with Gasteiger partial charge in [0.25, 0.3) is 11.4 Å². The summed E-state index contributed by atoms with van der Waals surface area (Å²) in [6, 6.07) is 6.51. The molecular formula is C17H15N3O7. The van der Waals surface area contributed by atoms with E-state index in [1.54, 1.807) is 0 Å². The van der Waals surface area contributed by atoms with Crippen molar-refractivity contribution in [3.63, 3.8) is 0 Å². The van der Waals surface area contributed by atoms with Crippen molar-refractivity contribution in [2.75, 3.05) is 0 Å². The van der Waals surface area contributed by atoms with Crippen molar-refractivity contribution in [3.05, 3.63) is 68.1 Å². The first-order valence-electron chi connectivity index (χ1n) is 8.21. The minimum absolute atomic E-state index is 0.00646. The van der Waals surface area contributed by atoms with Gasteiger partial charge in [0.05, 0.1) is 27.9 Å². The van der Waals surface area contributed by atoms with Gasteiger partial charge in [-0.15, -0.1) is 0 Å². The number of rotatable bonds is 5. The zero-order valence-electron chi connectivity index (χ0n) is 14.1. The number of nitro groups is 2. The summed E-state index contributed by atoms with van der Waals surface area (Å²) in [5.74, 6) is -1.23. The number of non-ortho nitro benzene ring substituents is 1. The lowest BCUT2D eigenvalue weighted by atomic mass is 9.81. The molecule has 0 amide bonds. The molecule has 1 aliphatic carbocycles. The Bertz CT molecular complexity index is 905. The predicted octanol–water partition coefficient (Wildman–Crippen LogP) is 3.97. The third kappa shape index (κ3) is 4.00. The van der Waals surface area contributed by atoms with Crippen molar-refractivity contribution in [2.24, 2.45) is 5.16 Å². The fourth-order valence-corrected chi connectivity index (χ4v) is 3.08. The van der Waals surface area contributed by atoms with Gasteiger partial charge in [0.1, 0.15) is 0 Å². The second kappa shape index (κ2) is 7.77. The van der Waals surface area contributed by atoms with Crippen molar-refractivity contribution in [1.29, 1.82) is 0 Å². The Hall–Kier alpha value is -3.56. The molecule has 10 heteroatoms. The number of nitrogens with zero attached hydrogens (tertiary/aromatic N) is 3. The van der Waals surface area contributed by atoms with E-state index in [2.05, 4.69) is 5.16 Å². The topological polar surface area (TPSA) is 138 Å². The van der Waals surface area contributed by atoms with E-state index < -0.39 is 21.7 Å². The molecule has 1 heterocycles. The van der Waals surface area contributed by atoms with Crippen molar-refractivity contribution in [3.8, 4) is 0 Å². The molecule has 0 bridgehead atoms. The fraction of sp³-hybridized carbons (Fsp3) is 0.294. The Kier molecular flexibility index (Phi) is 5.25. The molecule has 1 aromatic heterocycles. The summed E-state index contributed by atoms with van der Waals surface area (Å²) in [5, 5.41) is 26.2. The van der Waals surface area contributed by atoms with E-state index in [0.717, 1.165) is 18.9 Å². The molecule has 2 aromatic rings. The number of carbonyl (C=O) groups excluding carboxylic acids is 1. The van der Waals surface area contributed by atoms with Crippen molar-refractivity contribution >= 4 is 23.1 Å². The molecule has 0 N–H and O–H groups in total. The van der Waals surface area contributed by atoms with Crippen LogP contribution in [0.2, 0.25) is 0 Å². The highest BCUT2D eigenvalue weighted by Crippen LogP contribution is 2.37. The maximum atomic E-state index is 11.9. The zero-order valence-corrected chi connectivity index (χ0v) is 14.1. The molecule has 1 saturated carbocycles. The lowest BCUT2D eigenvalue weighted by Gasteiger charge is -2.23. The van der Waals surface area contributed by atoms with Crippen LogP contribution in [0.5, 0.6) is 0 Å². The molecule has 0 saturated heterocycles. The molecule has 1 aliphatic rings. The molecule has 1 aromatic carbocycles. The molecule has 0 aliphatic heterocycles. The van der Waals surface area contributed by atoms with Crippen LogP contribution in [0.3, 0.4) is 0 Å². The molecule has 0 radical (unpaired) electrons. The minimum atomic E-state index is -0.768. The van der Waals surface area contributed by atoms with Gasteiger partial charge in [0.15, 0.2) is 0 Å². The Morgan fingerprint density at radius 1 is 1.19 bits per heavy atom. The summed E-state index contributed by atoms with van der Waals surface area (Å²) < 4.78 is 4.94. The van der Waals surface area contributed by atoms with Crippen LogP contribution in [-0.2, 0) is 4.84 Å². The van der Waals surface area contributed by atoms with Crippen LogP contribution in [0.25, 0.3) is 0 Å². The smallest absolute Gasteiger partial charge is 0.400 e. The molecule has 1 atom stereocenters. The maximum Gasteiger partial charge on any atom is 0.400 e. The summed E-state index contributed by atoms with van der Waals surface area (Å²) in [4.78, 5) is 37.8. The third-order valence-electron chi connectivity index (χ3n) is 4.34. The molecule has 0 spiro atoms. The second-order valence-electron chi connectivity index (χ2n) is 5.99. The van der Waals surface area contributed by atoms with E-state index in [0.29, 0.717) is 24.1 Å². The molecule has 27 heavy (non-hydrogen) atoms. The summed E-state index contributed by atoms with van der Waals surface area (Å²) in [6.45, 7) is 0. The van der Waals surface area contributed by atoms with Gasteiger partial charge in [0, 0.05) is 17.5 Å². The summed E-state index contributed by atoms with van der Waals surface area (Å²) in [7, 11) is 0. The lowest BCUT2D eigenvalue weighted by Crippen LogP contribution is -2.20. The first kappa shape index (κ1) is 18.2. The van der Waals surface area contributed by atoms with Gasteiger partial charge in [-0.25, -0.2) is 4.79 Å². The fourth-order valence-electron chi connectivity index (χ4n) is 3.08. The number of hydrogen-bond donors (Lipinski definition) is 0. The van der Waals surface area contributed by atoms with E-state index in [1.807, 2.05) is 0 Å². The van der Waals surface area contributed by atoms with Crippen molar-refractivity contribution in [2.45, 2.75) is 31.6 Å². The Morgan fingerprint density at radius 3 is 2.67 bits per heavy atom. The Balaban J connectivity index is 1.91. The molecule has 3 rings (SSSR count). The minimum Gasteiger partial charge on any atom is -0.457 e. The molecule has 140 valence electrons. The largest absolute Gasteiger partial charge is 0.457 e. The van der Waals surface area contributed by atoms with Crippen LogP contribution in [-0.4, -0.2) is 21.5 Å². The average Bonchev–Trinajstić information content (AvgIpc) is 3.20. The summed E-state index contributed by atoms with van der Waals surface area (Å²) >= 11 is 0. The Morgan fingerprint density at radius 2 is 2.00 bits per heavy atom. The zero-order chi connectivity index (χ0) is 19.4. The summed E-state index contributed by atoms with van der Waals surface area (Å²) in [5.41, 5.74) is 0.0985. The van der Waals surface area contributed by atoms with Crippen LogP contribution in [0, 0.1) is 20.2 Å². The third-order valence-corrected chi connectivity index (χ3v) is 4.34. The lowest BCUT2D eigenvalue weighted by molar-refractivity contribution is -0.394. The van der Waals surface area contributed by atoms with Crippen LogP contribution in [0.15, 0.2) is 46.2 Å². The number of carbonyl (C=O) groups is 1. The van der Waals surface area contributed by atoms with Gasteiger partial charge >= 0.3 is 5.97 Å². The monoisotopic (exact) mass is 373 g/mol. The number of oxime groups is 1. The van der Waals surface area contributed by atoms with Gasteiger partial charge < -0.3 is 9.25 Å². The van der Waals surface area contributed by atoms with Gasteiger partial charge in [-0.2, -0.15) is 0 Å². The molecular weight excluding hydrogens is 358 g/mol. The first-order valence-corrected chi connectivity index (χ1v) is 8.21. The predicted molar refractivity (Wildman–Crippen MR) is 92.5 cm³/mol. The molecule has 10 nitrogen and oxygen atoms in total. The highest BCUT2D eigenvalue weighted by atomic mass is 16.7. The van der Waals surface area contributed by atoms with Crippen LogP contribution >= 0.6 is 0 Å². The number of furan rings is 1. The van der Waals surface area contributed by atoms with Crippen LogP contribution < -0.4 is 0 Å². The van der Waals surface area contributed by atoms with Crippen LogP contribution in [0.1, 0.15) is 47.7 Å². The highest BCUT2D eigenvalue weighted by molar-refractivity contribution is 5.93. The van der Waals surface area contributed by atoms with E-state index in [9.17, 15) is 25.0 Å². The van der Waals surface area contributed by atoms with Crippen LogP contribution in [0.4, 0.5) is 11.4 Å². The van der Waals surface area contributed by atoms with Gasteiger partial charge in [-0.05, 0) is 37.5 Å². The number of hydrogen-bond acceptors (Lipinski definition) is 8. The summed E-state index contributed by atoms with van der Waals surface area (Å²) in [6.07, 6.45) is 4.01. The molecule has 1 fully saturated rings. The van der Waals surface area contributed by atoms with Gasteiger partial charge in [-0.3, -0.25) is 20.2 Å². The Labute approximate surface area is 152 Å². The van der Waals surface area contributed by atoms with Crippen molar-refractivity contribution < 1.29 is 23.9 Å². The van der Waals surface area contributed by atoms with E-state index in [-0.39, 0.29) is 17.1 Å². The van der Waals surface area contributed by atoms with E-state index in [1.165, 1.54) is 30.5 Å². The average molecular weight is 373 g/mol. The normalized spacial score (nSPS) is 18.2. The first-order chi connectivity index (χ1) is 13.0. The van der Waals surface area contributed by atoms with E-state index >= 15 is 0 Å². The standard InChI is InChI=1S/C17H15N3O7/c21-17(16-6-3-9-26-16)27-18-14-5-2-1-4-12(14)13-8-7-11(19(22)23)10-15(13)20(24)25/h3,6-10,12H,1-2,4-5H2/b18-14-. The SMILES string of the molecule is O=C(O/N=C1/CCCCC1c1ccc([N+](=O)[O-])cc1[N+](=O)[O-])c1ccco1. The van der Waals surface area contributed by atoms with Gasteiger partial charge in [-0.1, -0.05) is 11.6 Å². The molecule has 1 unspecified atom stereocenters. The van der Waals surface area contributed by atoms with Crippen molar-refractivity contribution in [1.82, 2.24) is 0 Å². The quantitative estimate of drug-likeness (QED) is 0.439. The van der Waals surface area contributed by atoms with E-state index in [4.69, 9.17) is 9.25 Å². The van der Waals surface area contributed by atoms with Gasteiger partial charge in [0.2, 0.25) is 5.76 Å². The number of nitro benzene ring substituents is 2. The second-order valence-corrected chi connectivity index (χ2v) is 5.99. The highest BCUT2D eigenvalue weighted by Gasteiger charge is 2.31.